The van der Waals surface area contributed by atoms with Crippen molar-refractivity contribution in [1.29, 1.82) is 0 Å². The van der Waals surface area contributed by atoms with E-state index in [-0.39, 0.29) is 5.91 Å². The van der Waals surface area contributed by atoms with E-state index in [4.69, 9.17) is 4.74 Å². The van der Waals surface area contributed by atoms with Gasteiger partial charge in [-0.1, -0.05) is 0 Å². The minimum atomic E-state index is -0.187. The third-order valence-corrected chi connectivity index (χ3v) is 2.93. The van der Waals surface area contributed by atoms with Crippen LogP contribution in [0, 0.1) is 0 Å². The first-order valence-electron chi connectivity index (χ1n) is 5.55. The fourth-order valence-corrected chi connectivity index (χ4v) is 2.02. The second kappa shape index (κ2) is 4.10. The Morgan fingerprint density at radius 1 is 1.39 bits per heavy atom. The smallest absolute Gasteiger partial charge is 0.274 e. The Labute approximate surface area is 103 Å². The number of hydrogen-bond donors (Lipinski definition) is 1. The molecule has 0 bridgehead atoms. The van der Waals surface area contributed by atoms with Gasteiger partial charge in [-0.2, -0.15) is 0 Å². The zero-order valence-corrected chi connectivity index (χ0v) is 9.80. The maximum absolute atomic E-state index is 11.9. The number of ether oxygens (including phenoxy) is 1. The number of H-pyrrole nitrogens is 1. The van der Waals surface area contributed by atoms with Crippen LogP contribution in [-0.4, -0.2) is 23.0 Å². The summed E-state index contributed by atoms with van der Waals surface area (Å²) in [5, 5.41) is 1.55. The second-order valence-corrected chi connectivity index (χ2v) is 4.03. The second-order valence-electron chi connectivity index (χ2n) is 4.03. The molecule has 0 atom stereocenters. The normalized spacial score (nSPS) is 13.4. The van der Waals surface area contributed by atoms with Gasteiger partial charge in [0.25, 0.3) is 5.91 Å². The molecule has 0 saturated heterocycles. The number of rotatable bonds is 3. The summed E-state index contributed by atoms with van der Waals surface area (Å²) in [6, 6.07) is 5.44. The molecule has 5 heteroatoms. The molecule has 3 rings (SSSR count). The van der Waals surface area contributed by atoms with Crippen LogP contribution < -0.4 is 15.3 Å². The van der Waals surface area contributed by atoms with E-state index in [9.17, 15) is 4.79 Å². The fraction of sp³-hybridized carbons (Fsp3) is 0.154. The van der Waals surface area contributed by atoms with Gasteiger partial charge in [0.05, 0.1) is 18.8 Å². The lowest BCUT2D eigenvalue weighted by atomic mass is 10.1. The number of aromatic amines is 1. The Balaban J connectivity index is 2.15. The number of benzene rings is 1. The molecule has 1 aromatic carbocycles. The van der Waals surface area contributed by atoms with Crippen molar-refractivity contribution in [3.63, 3.8) is 0 Å². The minimum absolute atomic E-state index is 0.187. The molecular formula is C13H11N3O2. The Morgan fingerprint density at radius 3 is 3.00 bits per heavy atom. The molecule has 1 aliphatic heterocycles. The van der Waals surface area contributed by atoms with Crippen LogP contribution in [0.5, 0.6) is 5.75 Å². The van der Waals surface area contributed by atoms with E-state index < -0.39 is 0 Å². The Bertz CT molecular complexity index is 717. The summed E-state index contributed by atoms with van der Waals surface area (Å²) in [4.78, 5) is 22.8. The van der Waals surface area contributed by atoms with E-state index in [1.807, 2.05) is 6.07 Å². The highest BCUT2D eigenvalue weighted by Crippen LogP contribution is 2.10. The van der Waals surface area contributed by atoms with Crippen LogP contribution in [0.15, 0.2) is 35.7 Å². The first kappa shape index (κ1) is 10.7. The summed E-state index contributed by atoms with van der Waals surface area (Å²) in [5.74, 6) is 0.536. The molecule has 1 amide bonds. The van der Waals surface area contributed by atoms with Crippen molar-refractivity contribution in [2.24, 2.45) is 4.99 Å². The number of nitrogens with one attached hydrogen (secondary N) is 1. The Kier molecular flexibility index (Phi) is 2.44. The van der Waals surface area contributed by atoms with E-state index in [0.29, 0.717) is 17.4 Å². The fourth-order valence-electron chi connectivity index (χ4n) is 2.02. The molecule has 1 N–H and O–H groups in total. The number of fused-ring (bicyclic) bond motifs is 1. The number of hydrogen-bond acceptors (Lipinski definition) is 3. The molecule has 0 saturated carbocycles. The van der Waals surface area contributed by atoms with Crippen LogP contribution in [0.25, 0.3) is 5.57 Å². The first-order chi connectivity index (χ1) is 8.78. The summed E-state index contributed by atoms with van der Waals surface area (Å²) in [6.45, 7) is 0. The van der Waals surface area contributed by atoms with E-state index in [0.717, 1.165) is 16.7 Å². The Hall–Kier alpha value is -2.43. The largest absolute Gasteiger partial charge is 0.497 e. The molecule has 0 radical (unpaired) electrons. The molecule has 18 heavy (non-hydrogen) atoms. The van der Waals surface area contributed by atoms with Gasteiger partial charge in [-0.25, -0.2) is 9.98 Å². The van der Waals surface area contributed by atoms with Crippen LogP contribution >= 0.6 is 0 Å². The van der Waals surface area contributed by atoms with Crippen molar-refractivity contribution in [2.45, 2.75) is 6.42 Å². The van der Waals surface area contributed by atoms with Crippen molar-refractivity contribution >= 4 is 11.5 Å². The third kappa shape index (κ3) is 1.69. The molecule has 1 aromatic heterocycles. The SMILES string of the molecule is COc1ccc2c(c1)=C(Cc1cnc[nH]1)C(=O)N=2. The molecule has 90 valence electrons. The number of nitrogens with zero attached hydrogens (tertiary/aromatic N) is 2. The lowest BCUT2D eigenvalue weighted by Crippen LogP contribution is -2.23. The van der Waals surface area contributed by atoms with Crippen molar-refractivity contribution in [3.8, 4) is 5.75 Å². The summed E-state index contributed by atoms with van der Waals surface area (Å²) < 4.78 is 5.17. The van der Waals surface area contributed by atoms with E-state index >= 15 is 0 Å². The van der Waals surface area contributed by atoms with E-state index in [1.165, 1.54) is 0 Å². The van der Waals surface area contributed by atoms with Crippen LogP contribution in [0.4, 0.5) is 0 Å². The molecule has 1 aliphatic rings. The van der Waals surface area contributed by atoms with Crippen LogP contribution in [0.2, 0.25) is 0 Å². The molecule has 0 aliphatic carbocycles. The van der Waals surface area contributed by atoms with Gasteiger partial charge in [0.15, 0.2) is 0 Å². The maximum Gasteiger partial charge on any atom is 0.274 e. The van der Waals surface area contributed by atoms with Gasteiger partial charge in [0.2, 0.25) is 0 Å². The van der Waals surface area contributed by atoms with Crippen molar-refractivity contribution in [1.82, 2.24) is 9.97 Å². The average Bonchev–Trinajstić information content (AvgIpc) is 2.99. The molecule has 2 aromatic rings. The lowest BCUT2D eigenvalue weighted by molar-refractivity contribution is -0.112. The van der Waals surface area contributed by atoms with Crippen LogP contribution in [0.1, 0.15) is 5.69 Å². The summed E-state index contributed by atoms with van der Waals surface area (Å²) in [5.41, 5.74) is 1.57. The highest BCUT2D eigenvalue weighted by atomic mass is 16.5. The van der Waals surface area contributed by atoms with Gasteiger partial charge in [0.1, 0.15) is 5.75 Å². The van der Waals surface area contributed by atoms with Crippen LogP contribution in [0.3, 0.4) is 0 Å². The van der Waals surface area contributed by atoms with Gasteiger partial charge in [-0.15, -0.1) is 0 Å². The predicted molar refractivity (Wildman–Crippen MR) is 64.5 cm³/mol. The molecule has 2 heterocycles. The zero-order valence-electron chi connectivity index (χ0n) is 9.80. The van der Waals surface area contributed by atoms with E-state index in [2.05, 4.69) is 15.0 Å². The minimum Gasteiger partial charge on any atom is -0.497 e. The summed E-state index contributed by atoms with van der Waals surface area (Å²) in [7, 11) is 1.60. The number of carbonyl (C=O) groups is 1. The standard InChI is InChI=1S/C13H11N3O2/c1-18-9-2-3-12-10(5-9)11(13(17)16-12)4-8-6-14-7-15-8/h2-3,5-7H,4H2,1H3,(H,14,15). The van der Waals surface area contributed by atoms with Crippen molar-refractivity contribution < 1.29 is 9.53 Å². The van der Waals surface area contributed by atoms with Crippen molar-refractivity contribution in [3.05, 3.63) is 47.0 Å². The monoisotopic (exact) mass is 241 g/mol. The number of carbonyl (C=O) groups excluding carboxylic acids is 1. The van der Waals surface area contributed by atoms with E-state index in [1.54, 1.807) is 31.8 Å². The third-order valence-electron chi connectivity index (χ3n) is 2.93. The maximum atomic E-state index is 11.9. The number of imidazole rings is 1. The first-order valence-corrected chi connectivity index (χ1v) is 5.55. The van der Waals surface area contributed by atoms with Crippen LogP contribution in [-0.2, 0) is 11.2 Å². The molecule has 5 nitrogen and oxygen atoms in total. The summed E-state index contributed by atoms with van der Waals surface area (Å²) in [6.07, 6.45) is 3.81. The van der Waals surface area contributed by atoms with Gasteiger partial charge in [-0.05, 0) is 18.2 Å². The summed E-state index contributed by atoms with van der Waals surface area (Å²) >= 11 is 0. The Morgan fingerprint density at radius 2 is 2.28 bits per heavy atom. The number of methoxy groups -OCH3 is 1. The molecule has 0 fully saturated rings. The highest BCUT2D eigenvalue weighted by molar-refractivity contribution is 6.15. The number of amides is 1. The van der Waals surface area contributed by atoms with Gasteiger partial charge < -0.3 is 9.72 Å². The quantitative estimate of drug-likeness (QED) is 0.820. The van der Waals surface area contributed by atoms with Gasteiger partial charge in [0, 0.05) is 29.1 Å². The average molecular weight is 241 g/mol. The zero-order chi connectivity index (χ0) is 12.5. The lowest BCUT2D eigenvalue weighted by Gasteiger charge is -1.99. The van der Waals surface area contributed by atoms with Crippen molar-refractivity contribution in [2.75, 3.05) is 7.11 Å². The number of aromatic nitrogens is 2. The molecule has 0 unspecified atom stereocenters. The topological polar surface area (TPSA) is 67.3 Å². The molecular weight excluding hydrogens is 230 g/mol. The van der Waals surface area contributed by atoms with Gasteiger partial charge in [-0.3, -0.25) is 4.79 Å². The highest BCUT2D eigenvalue weighted by Gasteiger charge is 2.17. The molecule has 0 spiro atoms. The predicted octanol–water partition coefficient (Wildman–Crippen LogP) is -0.0285. The van der Waals surface area contributed by atoms with Gasteiger partial charge >= 0.3 is 0 Å².